The molecule has 1 heterocycles. The predicted octanol–water partition coefficient (Wildman–Crippen LogP) is 8.90. The smallest absolute Gasteiger partial charge is 0.226 e. The van der Waals surface area contributed by atoms with Crippen LogP contribution in [0.15, 0.2) is 77.8 Å². The van der Waals surface area contributed by atoms with Crippen LogP contribution in [0.1, 0.15) is 64.1 Å². The number of benzene rings is 2. The van der Waals surface area contributed by atoms with Crippen molar-refractivity contribution in [3.05, 3.63) is 95.9 Å². The standard InChI is InChI=1S/C20H21NO2.C5H8.2C2H6/c1-4-16-10-11-19(14(2)12-16)22-13-18-15(3)23-20(21-18)17-8-6-5-7-9-17;1-4-5(2)3;2*1-2/h5-12H,4,13H2,1-3H3;4H,1-2H2,3H3;2*1-2H3. The van der Waals surface area contributed by atoms with Crippen LogP contribution in [0.25, 0.3) is 11.5 Å². The Balaban J connectivity index is 0.000000928. The number of hydrogen-bond acceptors (Lipinski definition) is 3. The zero-order valence-corrected chi connectivity index (χ0v) is 21.3. The Morgan fingerprint density at radius 1 is 1.03 bits per heavy atom. The molecule has 3 heteroatoms. The molecule has 0 radical (unpaired) electrons. The van der Waals surface area contributed by atoms with Crippen LogP contribution in [0.3, 0.4) is 0 Å². The zero-order valence-electron chi connectivity index (χ0n) is 21.3. The largest absolute Gasteiger partial charge is 0.487 e. The lowest BCUT2D eigenvalue weighted by molar-refractivity contribution is 0.297. The van der Waals surface area contributed by atoms with E-state index in [-0.39, 0.29) is 0 Å². The number of ether oxygens (including phenoxy) is 1. The SMILES string of the molecule is C=CC(=C)C.CC.CC.CCc1ccc(OCc2nc(-c3ccccc3)oc2C)c(C)c1. The molecular weight excluding hydrogens is 394 g/mol. The molecule has 0 aliphatic rings. The fourth-order valence-electron chi connectivity index (χ4n) is 2.51. The van der Waals surface area contributed by atoms with Gasteiger partial charge in [-0.05, 0) is 56.5 Å². The zero-order chi connectivity index (χ0) is 24.5. The van der Waals surface area contributed by atoms with Crippen LogP contribution in [0.2, 0.25) is 0 Å². The molecule has 2 aromatic carbocycles. The van der Waals surface area contributed by atoms with Crippen molar-refractivity contribution in [3.63, 3.8) is 0 Å². The van der Waals surface area contributed by atoms with Crippen LogP contribution in [-0.4, -0.2) is 4.98 Å². The van der Waals surface area contributed by atoms with Gasteiger partial charge in [0.25, 0.3) is 0 Å². The number of aromatic nitrogens is 1. The van der Waals surface area contributed by atoms with Crippen LogP contribution in [0, 0.1) is 13.8 Å². The van der Waals surface area contributed by atoms with E-state index in [9.17, 15) is 0 Å². The van der Waals surface area contributed by atoms with E-state index in [4.69, 9.17) is 9.15 Å². The fraction of sp³-hybridized carbons (Fsp3) is 0.345. The Morgan fingerprint density at radius 3 is 2.12 bits per heavy atom. The minimum Gasteiger partial charge on any atom is -0.487 e. The lowest BCUT2D eigenvalue weighted by Gasteiger charge is -2.09. The first kappa shape index (κ1) is 28.9. The number of rotatable bonds is 6. The maximum Gasteiger partial charge on any atom is 0.226 e. The maximum atomic E-state index is 5.93. The van der Waals surface area contributed by atoms with Gasteiger partial charge >= 0.3 is 0 Å². The van der Waals surface area contributed by atoms with Gasteiger partial charge in [-0.25, -0.2) is 4.98 Å². The number of nitrogens with zero attached hydrogens (tertiary/aromatic N) is 1. The molecule has 0 N–H and O–H groups in total. The van der Waals surface area contributed by atoms with Crippen molar-refractivity contribution >= 4 is 0 Å². The van der Waals surface area contributed by atoms with E-state index in [1.165, 1.54) is 5.56 Å². The summed E-state index contributed by atoms with van der Waals surface area (Å²) in [6, 6.07) is 16.2. The first-order valence-corrected chi connectivity index (χ1v) is 11.5. The average Bonchev–Trinajstić information content (AvgIpc) is 3.22. The van der Waals surface area contributed by atoms with Crippen molar-refractivity contribution in [2.45, 2.75) is 68.4 Å². The molecule has 0 saturated heterocycles. The van der Waals surface area contributed by atoms with Gasteiger partial charge in [0.15, 0.2) is 0 Å². The van der Waals surface area contributed by atoms with E-state index in [0.29, 0.717) is 12.5 Å². The van der Waals surface area contributed by atoms with Crippen LogP contribution < -0.4 is 4.74 Å². The summed E-state index contributed by atoms with van der Waals surface area (Å²) >= 11 is 0. The molecule has 0 unspecified atom stereocenters. The summed E-state index contributed by atoms with van der Waals surface area (Å²) in [6.07, 6.45) is 2.75. The highest BCUT2D eigenvalue weighted by Crippen LogP contribution is 2.24. The van der Waals surface area contributed by atoms with Gasteiger partial charge in [0.2, 0.25) is 5.89 Å². The average molecular weight is 436 g/mol. The van der Waals surface area contributed by atoms with Gasteiger partial charge in [-0.2, -0.15) is 0 Å². The Kier molecular flexibility index (Phi) is 15.0. The number of hydrogen-bond donors (Lipinski definition) is 0. The highest BCUT2D eigenvalue weighted by Gasteiger charge is 2.12. The summed E-state index contributed by atoms with van der Waals surface area (Å²) in [5, 5.41) is 0. The van der Waals surface area contributed by atoms with Crippen molar-refractivity contribution in [3.8, 4) is 17.2 Å². The molecule has 3 aromatic rings. The van der Waals surface area contributed by atoms with Gasteiger partial charge in [-0.3, -0.25) is 0 Å². The predicted molar refractivity (Wildman–Crippen MR) is 139 cm³/mol. The molecule has 0 saturated carbocycles. The first-order chi connectivity index (χ1) is 15.4. The summed E-state index contributed by atoms with van der Waals surface area (Å²) in [5.74, 6) is 2.33. The quantitative estimate of drug-likeness (QED) is 0.363. The van der Waals surface area contributed by atoms with E-state index >= 15 is 0 Å². The maximum absolute atomic E-state index is 5.93. The molecule has 0 fully saturated rings. The lowest BCUT2D eigenvalue weighted by atomic mass is 10.1. The van der Waals surface area contributed by atoms with Crippen LogP contribution >= 0.6 is 0 Å². The number of allylic oxidation sites excluding steroid dienone is 2. The Hall–Kier alpha value is -3.07. The third-order valence-electron chi connectivity index (χ3n) is 4.27. The summed E-state index contributed by atoms with van der Waals surface area (Å²) in [6.45, 7) is 23.5. The summed E-state index contributed by atoms with van der Waals surface area (Å²) in [5.41, 5.74) is 5.30. The minimum absolute atomic E-state index is 0.411. The molecule has 32 heavy (non-hydrogen) atoms. The van der Waals surface area contributed by atoms with Crippen molar-refractivity contribution in [1.29, 1.82) is 0 Å². The Morgan fingerprint density at radius 2 is 1.62 bits per heavy atom. The second-order valence-electron chi connectivity index (χ2n) is 6.68. The molecule has 0 aliphatic heterocycles. The lowest BCUT2D eigenvalue weighted by Crippen LogP contribution is -1.99. The highest BCUT2D eigenvalue weighted by atomic mass is 16.5. The van der Waals surface area contributed by atoms with Crippen molar-refractivity contribution in [2.24, 2.45) is 0 Å². The van der Waals surface area contributed by atoms with E-state index in [2.05, 4.69) is 44.1 Å². The van der Waals surface area contributed by atoms with Gasteiger partial charge in [-0.15, -0.1) is 0 Å². The summed E-state index contributed by atoms with van der Waals surface area (Å²) in [7, 11) is 0. The highest BCUT2D eigenvalue weighted by molar-refractivity contribution is 5.53. The molecule has 1 aromatic heterocycles. The molecule has 3 rings (SSSR count). The van der Waals surface area contributed by atoms with Crippen LogP contribution in [0.4, 0.5) is 0 Å². The molecular formula is C29H41NO2. The second-order valence-corrected chi connectivity index (χ2v) is 6.68. The van der Waals surface area contributed by atoms with Gasteiger partial charge in [0.05, 0.1) is 0 Å². The molecule has 0 spiro atoms. The van der Waals surface area contributed by atoms with Crippen molar-refractivity contribution in [1.82, 2.24) is 4.98 Å². The molecule has 3 nitrogen and oxygen atoms in total. The monoisotopic (exact) mass is 435 g/mol. The van der Waals surface area contributed by atoms with Crippen molar-refractivity contribution < 1.29 is 9.15 Å². The third-order valence-corrected chi connectivity index (χ3v) is 4.27. The molecule has 0 bridgehead atoms. The minimum atomic E-state index is 0.411. The van der Waals surface area contributed by atoms with Gasteiger partial charge in [0, 0.05) is 5.56 Å². The van der Waals surface area contributed by atoms with Gasteiger partial charge in [-0.1, -0.05) is 89.8 Å². The van der Waals surface area contributed by atoms with E-state index in [1.54, 1.807) is 6.08 Å². The van der Waals surface area contributed by atoms with E-state index in [0.717, 1.165) is 40.3 Å². The first-order valence-electron chi connectivity index (χ1n) is 11.5. The van der Waals surface area contributed by atoms with E-state index < -0.39 is 0 Å². The summed E-state index contributed by atoms with van der Waals surface area (Å²) < 4.78 is 11.7. The number of aryl methyl sites for hydroxylation is 3. The van der Waals surface area contributed by atoms with Crippen molar-refractivity contribution in [2.75, 3.05) is 0 Å². The van der Waals surface area contributed by atoms with Gasteiger partial charge in [0.1, 0.15) is 23.8 Å². The molecule has 174 valence electrons. The molecule has 0 atom stereocenters. The molecule has 0 amide bonds. The fourth-order valence-corrected chi connectivity index (χ4v) is 2.51. The molecule has 0 aliphatic carbocycles. The second kappa shape index (κ2) is 16.6. The topological polar surface area (TPSA) is 35.3 Å². The van der Waals surface area contributed by atoms with Crippen LogP contribution in [-0.2, 0) is 13.0 Å². The Labute approximate surface area is 195 Å². The summed E-state index contributed by atoms with van der Waals surface area (Å²) in [4.78, 5) is 4.57. The van der Waals surface area contributed by atoms with E-state index in [1.807, 2.05) is 77.9 Å². The number of oxazole rings is 1. The Bertz CT molecular complexity index is 924. The normalized spacial score (nSPS) is 9.12. The van der Waals surface area contributed by atoms with Gasteiger partial charge < -0.3 is 9.15 Å². The van der Waals surface area contributed by atoms with Crippen LogP contribution in [0.5, 0.6) is 5.75 Å². The third kappa shape index (κ3) is 9.82.